The van der Waals surface area contributed by atoms with E-state index in [-0.39, 0.29) is 17.2 Å². The number of alkyl halides is 2. The van der Waals surface area contributed by atoms with Crippen LogP contribution in [-0.2, 0) is 6.54 Å². The standard InChI is InChI=1S/C22H18F2N4O2/c1-25-21(29)16-4-2-3-13(9-16)12-28-8-7-15-10-14(5-6-17(15)22(28)30)18-11-26-27-19(18)20(23)24/h2-11,20H,12H2,1H3,(H,25,29)(H,26,27). The first kappa shape index (κ1) is 19.5. The predicted octanol–water partition coefficient (Wildman–Crippen LogP) is 3.74. The second-order valence-electron chi connectivity index (χ2n) is 6.83. The van der Waals surface area contributed by atoms with E-state index < -0.39 is 6.43 Å². The molecule has 30 heavy (non-hydrogen) atoms. The quantitative estimate of drug-likeness (QED) is 0.528. The van der Waals surface area contributed by atoms with Gasteiger partial charge in [-0.1, -0.05) is 18.2 Å². The summed E-state index contributed by atoms with van der Waals surface area (Å²) in [6.45, 7) is 0.304. The molecule has 2 aromatic carbocycles. The minimum absolute atomic E-state index is 0.197. The number of carbonyl (C=O) groups excluding carboxylic acids is 1. The molecule has 152 valence electrons. The lowest BCUT2D eigenvalue weighted by Gasteiger charge is -2.10. The van der Waals surface area contributed by atoms with Crippen molar-refractivity contribution in [2.75, 3.05) is 7.05 Å². The maximum Gasteiger partial charge on any atom is 0.280 e. The highest BCUT2D eigenvalue weighted by atomic mass is 19.3. The molecule has 8 heteroatoms. The lowest BCUT2D eigenvalue weighted by atomic mass is 10.0. The summed E-state index contributed by atoms with van der Waals surface area (Å²) in [5, 5.41) is 9.73. The maximum atomic E-state index is 13.1. The van der Waals surface area contributed by atoms with Crippen molar-refractivity contribution in [1.29, 1.82) is 0 Å². The molecular formula is C22H18F2N4O2. The van der Waals surface area contributed by atoms with E-state index in [1.165, 1.54) is 6.20 Å². The van der Waals surface area contributed by atoms with Gasteiger partial charge in [0.05, 0.1) is 12.7 Å². The van der Waals surface area contributed by atoms with Crippen molar-refractivity contribution in [1.82, 2.24) is 20.1 Å². The molecule has 2 heterocycles. The van der Waals surface area contributed by atoms with Crippen LogP contribution in [-0.4, -0.2) is 27.7 Å². The maximum absolute atomic E-state index is 13.1. The Labute approximate surface area is 170 Å². The third-order valence-corrected chi connectivity index (χ3v) is 4.94. The SMILES string of the molecule is CNC(=O)c1cccc(Cn2ccc3cc(-c4cn[nH]c4C(F)F)ccc3c2=O)c1. The Morgan fingerprint density at radius 1 is 1.20 bits per heavy atom. The van der Waals surface area contributed by atoms with Gasteiger partial charge in [-0.2, -0.15) is 5.10 Å². The first-order valence-corrected chi connectivity index (χ1v) is 9.24. The third kappa shape index (κ3) is 3.59. The molecule has 0 radical (unpaired) electrons. The molecule has 0 saturated heterocycles. The fourth-order valence-electron chi connectivity index (χ4n) is 3.42. The first-order chi connectivity index (χ1) is 14.5. The lowest BCUT2D eigenvalue weighted by molar-refractivity contribution is 0.0963. The molecule has 2 aromatic heterocycles. The summed E-state index contributed by atoms with van der Waals surface area (Å²) in [5.41, 5.74) is 1.74. The van der Waals surface area contributed by atoms with Crippen molar-refractivity contribution in [2.45, 2.75) is 13.0 Å². The van der Waals surface area contributed by atoms with Gasteiger partial charge in [-0.25, -0.2) is 8.78 Å². The number of rotatable bonds is 5. The van der Waals surface area contributed by atoms with Gasteiger partial charge in [-0.15, -0.1) is 0 Å². The minimum atomic E-state index is -2.67. The van der Waals surface area contributed by atoms with Crippen molar-refractivity contribution in [3.63, 3.8) is 0 Å². The summed E-state index contributed by atoms with van der Waals surface area (Å²) < 4.78 is 27.8. The first-order valence-electron chi connectivity index (χ1n) is 9.24. The Kier molecular flexibility index (Phi) is 5.14. The molecule has 4 rings (SSSR count). The van der Waals surface area contributed by atoms with Gasteiger partial charge in [0.1, 0.15) is 5.69 Å². The monoisotopic (exact) mass is 408 g/mol. The van der Waals surface area contributed by atoms with Crippen LogP contribution in [0.3, 0.4) is 0 Å². The molecule has 0 fully saturated rings. The largest absolute Gasteiger partial charge is 0.355 e. The second-order valence-corrected chi connectivity index (χ2v) is 6.83. The number of benzene rings is 2. The van der Waals surface area contributed by atoms with Crippen LogP contribution in [0.4, 0.5) is 8.78 Å². The molecule has 0 aliphatic heterocycles. The van der Waals surface area contributed by atoms with Crippen LogP contribution in [0.25, 0.3) is 21.9 Å². The fraction of sp³-hybridized carbons (Fsp3) is 0.136. The number of aromatic nitrogens is 3. The van der Waals surface area contributed by atoms with Crippen LogP contribution >= 0.6 is 0 Å². The fourth-order valence-corrected chi connectivity index (χ4v) is 3.42. The van der Waals surface area contributed by atoms with Crippen molar-refractivity contribution in [3.05, 3.63) is 88.1 Å². The van der Waals surface area contributed by atoms with Gasteiger partial charge in [-0.05, 0) is 46.8 Å². The van der Waals surface area contributed by atoms with Gasteiger partial charge in [-0.3, -0.25) is 14.7 Å². The highest BCUT2D eigenvalue weighted by Gasteiger charge is 2.17. The van der Waals surface area contributed by atoms with Gasteiger partial charge in [0.25, 0.3) is 17.9 Å². The van der Waals surface area contributed by atoms with Gasteiger partial charge in [0.2, 0.25) is 0 Å². The molecule has 6 nitrogen and oxygen atoms in total. The van der Waals surface area contributed by atoms with Crippen LogP contribution in [0.15, 0.2) is 65.7 Å². The van der Waals surface area contributed by atoms with E-state index in [9.17, 15) is 18.4 Å². The number of fused-ring (bicyclic) bond motifs is 1. The zero-order chi connectivity index (χ0) is 21.3. The van der Waals surface area contributed by atoms with E-state index in [0.717, 1.165) is 5.56 Å². The average molecular weight is 408 g/mol. The Morgan fingerprint density at radius 2 is 2.03 bits per heavy atom. The molecule has 0 atom stereocenters. The average Bonchev–Trinajstić information content (AvgIpc) is 3.25. The van der Waals surface area contributed by atoms with E-state index in [4.69, 9.17) is 0 Å². The summed E-state index contributed by atoms with van der Waals surface area (Å²) in [6, 6.07) is 13.8. The summed E-state index contributed by atoms with van der Waals surface area (Å²) in [4.78, 5) is 24.7. The Balaban J connectivity index is 1.69. The zero-order valence-electron chi connectivity index (χ0n) is 16.0. The van der Waals surface area contributed by atoms with Crippen LogP contribution in [0, 0.1) is 0 Å². The Hall–Kier alpha value is -3.81. The van der Waals surface area contributed by atoms with Gasteiger partial charge >= 0.3 is 0 Å². The van der Waals surface area contributed by atoms with Crippen molar-refractivity contribution >= 4 is 16.7 Å². The topological polar surface area (TPSA) is 79.8 Å². The number of hydrogen-bond donors (Lipinski definition) is 2. The lowest BCUT2D eigenvalue weighted by Crippen LogP contribution is -2.21. The van der Waals surface area contributed by atoms with Crippen LogP contribution < -0.4 is 10.9 Å². The number of amides is 1. The molecule has 1 amide bonds. The van der Waals surface area contributed by atoms with E-state index in [1.54, 1.807) is 60.3 Å². The normalized spacial score (nSPS) is 11.2. The van der Waals surface area contributed by atoms with E-state index in [1.807, 2.05) is 6.07 Å². The van der Waals surface area contributed by atoms with Gasteiger partial charge < -0.3 is 9.88 Å². The highest BCUT2D eigenvalue weighted by molar-refractivity contribution is 5.94. The van der Waals surface area contributed by atoms with Gasteiger partial charge in [0, 0.05) is 29.8 Å². The second kappa shape index (κ2) is 7.90. The molecule has 4 aromatic rings. The number of nitrogens with zero attached hydrogens (tertiary/aromatic N) is 2. The highest BCUT2D eigenvalue weighted by Crippen LogP contribution is 2.30. The summed E-state index contributed by atoms with van der Waals surface area (Å²) in [7, 11) is 1.56. The number of carbonyl (C=O) groups is 1. The van der Waals surface area contributed by atoms with E-state index >= 15 is 0 Å². The molecule has 0 unspecified atom stereocenters. The smallest absolute Gasteiger partial charge is 0.280 e. The number of H-pyrrole nitrogens is 1. The molecule has 0 aliphatic rings. The Bertz CT molecular complexity index is 1290. The number of nitrogens with one attached hydrogen (secondary N) is 2. The van der Waals surface area contributed by atoms with Crippen LogP contribution in [0.2, 0.25) is 0 Å². The van der Waals surface area contributed by atoms with E-state index in [2.05, 4.69) is 15.5 Å². The van der Waals surface area contributed by atoms with Gasteiger partial charge in [0.15, 0.2) is 0 Å². The molecule has 0 bridgehead atoms. The van der Waals surface area contributed by atoms with Crippen molar-refractivity contribution < 1.29 is 13.6 Å². The van der Waals surface area contributed by atoms with Crippen molar-refractivity contribution in [2.24, 2.45) is 0 Å². The van der Waals surface area contributed by atoms with Crippen molar-refractivity contribution in [3.8, 4) is 11.1 Å². The zero-order valence-corrected chi connectivity index (χ0v) is 16.0. The Morgan fingerprint density at radius 3 is 2.80 bits per heavy atom. The number of hydrogen-bond acceptors (Lipinski definition) is 3. The number of aromatic amines is 1. The number of halogens is 2. The molecular weight excluding hydrogens is 390 g/mol. The molecule has 0 spiro atoms. The summed E-state index contributed by atoms with van der Waals surface area (Å²) >= 11 is 0. The van der Waals surface area contributed by atoms with Crippen LogP contribution in [0.1, 0.15) is 28.0 Å². The molecule has 2 N–H and O–H groups in total. The summed E-state index contributed by atoms with van der Waals surface area (Å²) in [6.07, 6.45) is 0.338. The predicted molar refractivity (Wildman–Crippen MR) is 110 cm³/mol. The minimum Gasteiger partial charge on any atom is -0.355 e. The summed E-state index contributed by atoms with van der Waals surface area (Å²) in [5.74, 6) is -0.197. The molecule has 0 aliphatic carbocycles. The number of pyridine rings is 1. The third-order valence-electron chi connectivity index (χ3n) is 4.94. The van der Waals surface area contributed by atoms with Crippen LogP contribution in [0.5, 0.6) is 0 Å². The van der Waals surface area contributed by atoms with E-state index in [0.29, 0.717) is 34.0 Å². The molecule has 0 saturated carbocycles.